The quantitative estimate of drug-likeness (QED) is 0.515. The summed E-state index contributed by atoms with van der Waals surface area (Å²) in [5, 5.41) is 14.4. The fraction of sp³-hybridized carbons (Fsp3) is 0.400. The molecule has 1 aliphatic carbocycles. The predicted octanol–water partition coefficient (Wildman–Crippen LogP) is 2.15. The molecule has 34 heavy (non-hydrogen) atoms. The maximum Gasteiger partial charge on any atom is 0.407 e. The van der Waals surface area contributed by atoms with Crippen LogP contribution in [0.15, 0.2) is 48.5 Å². The number of carboxylic acids is 1. The van der Waals surface area contributed by atoms with Gasteiger partial charge in [0.15, 0.2) is 12.2 Å². The van der Waals surface area contributed by atoms with E-state index in [-0.39, 0.29) is 31.5 Å². The van der Waals surface area contributed by atoms with Gasteiger partial charge in [0.1, 0.15) is 6.61 Å². The number of carboxylic acid groups (broad SMARTS) is 1. The number of benzene rings is 2. The zero-order valence-electron chi connectivity index (χ0n) is 18.9. The Balaban J connectivity index is 1.26. The van der Waals surface area contributed by atoms with Crippen LogP contribution in [0.2, 0.25) is 0 Å². The maximum atomic E-state index is 12.4. The lowest BCUT2D eigenvalue weighted by Gasteiger charge is -2.19. The van der Waals surface area contributed by atoms with Crippen molar-refractivity contribution in [3.8, 4) is 11.1 Å². The molecule has 1 saturated heterocycles. The Bertz CT molecular complexity index is 1010. The van der Waals surface area contributed by atoms with Gasteiger partial charge in [-0.2, -0.15) is 0 Å². The number of aliphatic carboxylic acids is 1. The van der Waals surface area contributed by atoms with Crippen LogP contribution < -0.4 is 10.6 Å². The largest absolute Gasteiger partial charge is 0.479 e. The van der Waals surface area contributed by atoms with Crippen LogP contribution in [0.1, 0.15) is 23.5 Å². The smallest absolute Gasteiger partial charge is 0.407 e. The molecule has 9 heteroatoms. The number of carbonyl (C=O) groups excluding carboxylic acids is 2. The summed E-state index contributed by atoms with van der Waals surface area (Å²) in [6, 6.07) is 16.1. The van der Waals surface area contributed by atoms with Gasteiger partial charge in [0.25, 0.3) is 5.91 Å². The molecule has 4 rings (SSSR count). The van der Waals surface area contributed by atoms with E-state index in [2.05, 4.69) is 22.8 Å². The van der Waals surface area contributed by atoms with E-state index in [1.807, 2.05) is 36.4 Å². The second-order valence-corrected chi connectivity index (χ2v) is 8.35. The highest BCUT2D eigenvalue weighted by Crippen LogP contribution is 2.44. The van der Waals surface area contributed by atoms with E-state index in [9.17, 15) is 14.4 Å². The molecule has 1 unspecified atom stereocenters. The monoisotopic (exact) mass is 468 g/mol. The fourth-order valence-corrected chi connectivity index (χ4v) is 4.57. The Kier molecular flexibility index (Phi) is 7.44. The number of carbonyl (C=O) groups is 3. The maximum absolute atomic E-state index is 12.4. The molecule has 9 nitrogen and oxygen atoms in total. The van der Waals surface area contributed by atoms with Gasteiger partial charge < -0.3 is 30.0 Å². The first-order chi connectivity index (χ1) is 16.5. The molecule has 3 N–H and O–H groups in total. The molecule has 1 fully saturated rings. The lowest BCUT2D eigenvalue weighted by atomic mass is 9.98. The summed E-state index contributed by atoms with van der Waals surface area (Å²) >= 11 is 0. The second kappa shape index (κ2) is 10.7. The minimum absolute atomic E-state index is 0.0597. The number of alkyl carbamates (subject to hydrolysis) is 1. The summed E-state index contributed by atoms with van der Waals surface area (Å²) in [5.74, 6) is -1.86. The molecule has 2 aromatic rings. The van der Waals surface area contributed by atoms with Crippen LogP contribution in [-0.2, 0) is 23.8 Å². The molecule has 1 aliphatic heterocycles. The summed E-state index contributed by atoms with van der Waals surface area (Å²) in [7, 11) is 1.36. The highest BCUT2D eigenvalue weighted by molar-refractivity contribution is 5.82. The SMILES string of the molecule is COC(CNC(=O)OCC1c2ccccc2-c2ccccc21)C(=O)NC[C@H]1CCO[C@H]1C(=O)O. The molecule has 2 amide bonds. The molecule has 1 heterocycles. The van der Waals surface area contributed by atoms with Crippen LogP contribution in [0.4, 0.5) is 4.79 Å². The van der Waals surface area contributed by atoms with E-state index in [0.717, 1.165) is 22.3 Å². The zero-order chi connectivity index (χ0) is 24.1. The summed E-state index contributed by atoms with van der Waals surface area (Å²) in [4.78, 5) is 36.0. The van der Waals surface area contributed by atoms with E-state index in [4.69, 9.17) is 19.3 Å². The molecule has 3 atom stereocenters. The number of ether oxygens (including phenoxy) is 3. The molecule has 2 aliphatic rings. The molecular weight excluding hydrogens is 440 g/mol. The topological polar surface area (TPSA) is 123 Å². The van der Waals surface area contributed by atoms with Crippen molar-refractivity contribution in [3.05, 3.63) is 59.7 Å². The van der Waals surface area contributed by atoms with Gasteiger partial charge in [0.2, 0.25) is 0 Å². The van der Waals surface area contributed by atoms with Crippen LogP contribution in [0.25, 0.3) is 11.1 Å². The zero-order valence-corrected chi connectivity index (χ0v) is 18.9. The minimum Gasteiger partial charge on any atom is -0.479 e. The predicted molar refractivity (Wildman–Crippen MR) is 122 cm³/mol. The van der Waals surface area contributed by atoms with Gasteiger partial charge in [0.05, 0.1) is 6.54 Å². The van der Waals surface area contributed by atoms with E-state index < -0.39 is 30.2 Å². The number of fused-ring (bicyclic) bond motifs is 3. The molecule has 0 saturated carbocycles. The van der Waals surface area contributed by atoms with Crippen molar-refractivity contribution in [2.24, 2.45) is 5.92 Å². The van der Waals surface area contributed by atoms with Crippen LogP contribution >= 0.6 is 0 Å². The standard InChI is InChI=1S/C25H28N2O7/c1-32-21(23(28)26-12-15-10-11-33-22(15)24(29)30)13-27-25(31)34-14-20-18-8-4-2-6-16(18)17-7-3-5-9-19(17)20/h2-9,15,20-22H,10-14H2,1H3,(H,26,28)(H,27,31)(H,29,30)/t15-,21?,22-/m1/s1. The van der Waals surface area contributed by atoms with Crippen molar-refractivity contribution in [3.63, 3.8) is 0 Å². The van der Waals surface area contributed by atoms with E-state index >= 15 is 0 Å². The average Bonchev–Trinajstić information content (AvgIpc) is 3.45. The van der Waals surface area contributed by atoms with Crippen molar-refractivity contribution in [2.45, 2.75) is 24.5 Å². The molecule has 0 aromatic heterocycles. The van der Waals surface area contributed by atoms with E-state index in [1.54, 1.807) is 0 Å². The van der Waals surface area contributed by atoms with Crippen molar-refractivity contribution >= 4 is 18.0 Å². The first-order valence-corrected chi connectivity index (χ1v) is 11.2. The van der Waals surface area contributed by atoms with Gasteiger partial charge in [-0.05, 0) is 28.7 Å². The number of nitrogens with one attached hydrogen (secondary N) is 2. The van der Waals surface area contributed by atoms with Gasteiger partial charge in [0, 0.05) is 32.1 Å². The lowest BCUT2D eigenvalue weighted by molar-refractivity contribution is -0.149. The first-order valence-electron chi connectivity index (χ1n) is 11.2. The Morgan fingerprint density at radius 3 is 2.32 bits per heavy atom. The molecule has 2 aromatic carbocycles. The summed E-state index contributed by atoms with van der Waals surface area (Å²) in [6.07, 6.45) is -1.97. The van der Waals surface area contributed by atoms with Crippen molar-refractivity contribution in [1.82, 2.24) is 10.6 Å². The third-order valence-electron chi connectivity index (χ3n) is 6.35. The van der Waals surface area contributed by atoms with Crippen molar-refractivity contribution in [1.29, 1.82) is 0 Å². The van der Waals surface area contributed by atoms with Gasteiger partial charge in [-0.1, -0.05) is 48.5 Å². The Hall–Kier alpha value is -3.43. The summed E-state index contributed by atoms with van der Waals surface area (Å²) in [6.45, 7) is 0.583. The van der Waals surface area contributed by atoms with Gasteiger partial charge >= 0.3 is 12.1 Å². The molecular formula is C25H28N2O7. The van der Waals surface area contributed by atoms with Gasteiger partial charge in [-0.3, -0.25) is 4.79 Å². The Morgan fingerprint density at radius 1 is 1.06 bits per heavy atom. The number of methoxy groups -OCH3 is 1. The van der Waals surface area contributed by atoms with Crippen LogP contribution in [-0.4, -0.2) is 68.7 Å². The fourth-order valence-electron chi connectivity index (χ4n) is 4.57. The molecule has 0 radical (unpaired) electrons. The lowest BCUT2D eigenvalue weighted by Crippen LogP contribution is -2.46. The van der Waals surface area contributed by atoms with Crippen molar-refractivity contribution < 1.29 is 33.7 Å². The molecule has 180 valence electrons. The first kappa shape index (κ1) is 23.7. The van der Waals surface area contributed by atoms with Crippen molar-refractivity contribution in [2.75, 3.05) is 33.4 Å². The van der Waals surface area contributed by atoms with Crippen LogP contribution in [0.5, 0.6) is 0 Å². The Labute approximate surface area is 197 Å². The van der Waals surface area contributed by atoms with Gasteiger partial charge in [-0.15, -0.1) is 0 Å². The Morgan fingerprint density at radius 2 is 1.71 bits per heavy atom. The van der Waals surface area contributed by atoms with Crippen LogP contribution in [0, 0.1) is 5.92 Å². The minimum atomic E-state index is -1.04. The third kappa shape index (κ3) is 5.05. The number of rotatable bonds is 9. The van der Waals surface area contributed by atoms with E-state index in [0.29, 0.717) is 13.0 Å². The van der Waals surface area contributed by atoms with Gasteiger partial charge in [-0.25, -0.2) is 9.59 Å². The highest BCUT2D eigenvalue weighted by Gasteiger charge is 2.35. The van der Waals surface area contributed by atoms with E-state index in [1.165, 1.54) is 7.11 Å². The second-order valence-electron chi connectivity index (χ2n) is 8.35. The van der Waals surface area contributed by atoms with Crippen LogP contribution in [0.3, 0.4) is 0 Å². The summed E-state index contributed by atoms with van der Waals surface area (Å²) < 4.78 is 15.9. The number of hydrogen-bond donors (Lipinski definition) is 3. The highest BCUT2D eigenvalue weighted by atomic mass is 16.5. The average molecular weight is 469 g/mol. The molecule has 0 bridgehead atoms. The number of amides is 2. The number of hydrogen-bond acceptors (Lipinski definition) is 6. The summed E-state index contributed by atoms with van der Waals surface area (Å²) in [5.41, 5.74) is 4.50. The normalized spacial score (nSPS) is 19.7. The molecule has 0 spiro atoms. The third-order valence-corrected chi connectivity index (χ3v) is 6.35.